The van der Waals surface area contributed by atoms with E-state index < -0.39 is 0 Å². The molecule has 1 aliphatic rings. The molecule has 1 aliphatic carbocycles. The number of hydrogen-bond acceptors (Lipinski definition) is 1. The third-order valence-electron chi connectivity index (χ3n) is 3.11. The van der Waals surface area contributed by atoms with Gasteiger partial charge in [0.15, 0.2) is 0 Å². The lowest BCUT2D eigenvalue weighted by Crippen LogP contribution is -2.20. The fraction of sp³-hybridized carbons (Fsp3) is 1.00. The topological polar surface area (TPSA) is 12.0 Å². The van der Waals surface area contributed by atoms with Gasteiger partial charge in [0.1, 0.15) is 0 Å². The van der Waals surface area contributed by atoms with Crippen molar-refractivity contribution in [3.8, 4) is 0 Å². The maximum absolute atomic E-state index is 3.60. The van der Waals surface area contributed by atoms with E-state index >= 15 is 0 Å². The highest BCUT2D eigenvalue weighted by Crippen LogP contribution is 2.20. The average Bonchev–Trinajstić information content (AvgIpc) is 2.94. The summed E-state index contributed by atoms with van der Waals surface area (Å²) in [6, 6.07) is 0.892. The van der Waals surface area contributed by atoms with Crippen LogP contribution < -0.4 is 5.32 Å². The lowest BCUT2D eigenvalue weighted by Gasteiger charge is -2.14. The minimum atomic E-state index is 0.892. The molecule has 78 valence electrons. The Morgan fingerprint density at radius 2 is 2.00 bits per heavy atom. The van der Waals surface area contributed by atoms with Gasteiger partial charge in [-0.3, -0.25) is 0 Å². The standard InChI is InChI=1S/C12H25N/c1-3-5-6-11(4-2)9-10-13-12-7-8-12/h11-13H,3-10H2,1-2H3. The van der Waals surface area contributed by atoms with E-state index in [4.69, 9.17) is 0 Å². The van der Waals surface area contributed by atoms with Gasteiger partial charge in [-0.05, 0) is 31.7 Å². The molecule has 1 fully saturated rings. The highest BCUT2D eigenvalue weighted by Gasteiger charge is 2.20. The van der Waals surface area contributed by atoms with Crippen LogP contribution in [0.5, 0.6) is 0 Å². The highest BCUT2D eigenvalue weighted by molar-refractivity contribution is 4.80. The van der Waals surface area contributed by atoms with Crippen LogP contribution in [0.3, 0.4) is 0 Å². The zero-order chi connectivity index (χ0) is 9.52. The average molecular weight is 183 g/mol. The van der Waals surface area contributed by atoms with Crippen LogP contribution in [0, 0.1) is 5.92 Å². The molecular weight excluding hydrogens is 158 g/mol. The van der Waals surface area contributed by atoms with E-state index in [0.29, 0.717) is 0 Å². The minimum absolute atomic E-state index is 0.892. The molecule has 1 nitrogen and oxygen atoms in total. The van der Waals surface area contributed by atoms with E-state index in [0.717, 1.165) is 12.0 Å². The number of rotatable bonds is 8. The monoisotopic (exact) mass is 183 g/mol. The minimum Gasteiger partial charge on any atom is -0.314 e. The van der Waals surface area contributed by atoms with E-state index in [1.807, 2.05) is 0 Å². The predicted octanol–water partition coefficient (Wildman–Crippen LogP) is 3.34. The molecule has 13 heavy (non-hydrogen) atoms. The summed E-state index contributed by atoms with van der Waals surface area (Å²) >= 11 is 0. The van der Waals surface area contributed by atoms with Gasteiger partial charge in [-0.25, -0.2) is 0 Å². The summed E-state index contributed by atoms with van der Waals surface area (Å²) in [5.41, 5.74) is 0. The lowest BCUT2D eigenvalue weighted by atomic mass is 9.96. The predicted molar refractivity (Wildman–Crippen MR) is 58.9 cm³/mol. The zero-order valence-corrected chi connectivity index (χ0v) is 9.31. The van der Waals surface area contributed by atoms with Crippen LogP contribution in [0.2, 0.25) is 0 Å². The normalized spacial score (nSPS) is 18.9. The second-order valence-corrected chi connectivity index (χ2v) is 4.43. The third-order valence-corrected chi connectivity index (χ3v) is 3.11. The van der Waals surface area contributed by atoms with Crippen LogP contribution in [-0.2, 0) is 0 Å². The lowest BCUT2D eigenvalue weighted by molar-refractivity contribution is 0.409. The Kier molecular flexibility index (Phi) is 5.45. The van der Waals surface area contributed by atoms with E-state index in [9.17, 15) is 0 Å². The molecule has 1 saturated carbocycles. The van der Waals surface area contributed by atoms with Crippen molar-refractivity contribution < 1.29 is 0 Å². The molecule has 1 unspecified atom stereocenters. The van der Waals surface area contributed by atoms with Crippen molar-refractivity contribution in [1.29, 1.82) is 0 Å². The first kappa shape index (κ1) is 11.0. The van der Waals surface area contributed by atoms with Crippen LogP contribution in [0.4, 0.5) is 0 Å². The molecule has 0 aliphatic heterocycles. The van der Waals surface area contributed by atoms with Gasteiger partial charge in [-0.2, -0.15) is 0 Å². The van der Waals surface area contributed by atoms with Crippen molar-refractivity contribution >= 4 is 0 Å². The van der Waals surface area contributed by atoms with Crippen molar-refractivity contribution in [2.45, 2.75) is 64.8 Å². The van der Waals surface area contributed by atoms with E-state index in [1.54, 1.807) is 0 Å². The van der Waals surface area contributed by atoms with Gasteiger partial charge < -0.3 is 5.32 Å². The number of hydrogen-bond donors (Lipinski definition) is 1. The smallest absolute Gasteiger partial charge is 0.00682 e. The van der Waals surface area contributed by atoms with Gasteiger partial charge in [0.2, 0.25) is 0 Å². The van der Waals surface area contributed by atoms with Crippen LogP contribution in [0.15, 0.2) is 0 Å². The maximum Gasteiger partial charge on any atom is 0.00682 e. The first-order chi connectivity index (χ1) is 6.36. The molecule has 0 radical (unpaired) electrons. The summed E-state index contributed by atoms with van der Waals surface area (Å²) < 4.78 is 0. The highest BCUT2D eigenvalue weighted by atomic mass is 14.9. The largest absolute Gasteiger partial charge is 0.314 e. The Morgan fingerprint density at radius 3 is 2.54 bits per heavy atom. The van der Waals surface area contributed by atoms with Crippen LogP contribution >= 0.6 is 0 Å². The summed E-state index contributed by atoms with van der Waals surface area (Å²) in [7, 11) is 0. The van der Waals surface area contributed by atoms with E-state index in [2.05, 4.69) is 19.2 Å². The van der Waals surface area contributed by atoms with Gasteiger partial charge in [0, 0.05) is 6.04 Å². The molecule has 0 heterocycles. The molecule has 1 rings (SSSR count). The SMILES string of the molecule is CCCCC(CC)CCNC1CC1. The summed E-state index contributed by atoms with van der Waals surface area (Å²) in [4.78, 5) is 0. The van der Waals surface area contributed by atoms with Crippen molar-refractivity contribution in [3.05, 3.63) is 0 Å². The van der Waals surface area contributed by atoms with Crippen LogP contribution in [0.1, 0.15) is 58.8 Å². The van der Waals surface area contributed by atoms with Crippen molar-refractivity contribution in [2.75, 3.05) is 6.54 Å². The van der Waals surface area contributed by atoms with E-state index in [1.165, 1.54) is 51.5 Å². The van der Waals surface area contributed by atoms with Crippen molar-refractivity contribution in [2.24, 2.45) is 5.92 Å². The maximum atomic E-state index is 3.60. The van der Waals surface area contributed by atoms with Gasteiger partial charge in [0.25, 0.3) is 0 Å². The van der Waals surface area contributed by atoms with Crippen molar-refractivity contribution in [1.82, 2.24) is 5.32 Å². The molecule has 1 heteroatoms. The zero-order valence-electron chi connectivity index (χ0n) is 9.31. The molecule has 0 aromatic rings. The Bertz CT molecular complexity index is 118. The molecule has 0 spiro atoms. The summed E-state index contributed by atoms with van der Waals surface area (Å²) in [6.07, 6.45) is 9.82. The van der Waals surface area contributed by atoms with Crippen molar-refractivity contribution in [3.63, 3.8) is 0 Å². The first-order valence-corrected chi connectivity index (χ1v) is 6.10. The molecule has 0 bridgehead atoms. The number of unbranched alkanes of at least 4 members (excludes halogenated alkanes) is 1. The molecule has 0 aromatic carbocycles. The summed E-state index contributed by atoms with van der Waals surface area (Å²) in [5.74, 6) is 0.978. The molecule has 1 atom stereocenters. The molecule has 1 N–H and O–H groups in total. The first-order valence-electron chi connectivity index (χ1n) is 6.10. The van der Waals surface area contributed by atoms with Gasteiger partial charge in [-0.15, -0.1) is 0 Å². The van der Waals surface area contributed by atoms with E-state index in [-0.39, 0.29) is 0 Å². The van der Waals surface area contributed by atoms with Gasteiger partial charge in [0.05, 0.1) is 0 Å². The summed E-state index contributed by atoms with van der Waals surface area (Å²) in [5, 5.41) is 3.60. The summed E-state index contributed by atoms with van der Waals surface area (Å²) in [6.45, 7) is 5.87. The molecule has 0 aromatic heterocycles. The van der Waals surface area contributed by atoms with Crippen LogP contribution in [0.25, 0.3) is 0 Å². The molecular formula is C12H25N. The fourth-order valence-corrected chi connectivity index (χ4v) is 1.82. The Balaban J connectivity index is 1.93. The second kappa shape index (κ2) is 6.42. The van der Waals surface area contributed by atoms with Gasteiger partial charge in [-0.1, -0.05) is 39.5 Å². The Morgan fingerprint density at radius 1 is 1.23 bits per heavy atom. The second-order valence-electron chi connectivity index (χ2n) is 4.43. The Labute approximate surface area is 83.3 Å². The number of nitrogens with one attached hydrogen (secondary N) is 1. The van der Waals surface area contributed by atoms with Crippen LogP contribution in [-0.4, -0.2) is 12.6 Å². The Hall–Kier alpha value is -0.0400. The molecule has 0 saturated heterocycles. The third kappa shape index (κ3) is 5.30. The van der Waals surface area contributed by atoms with Gasteiger partial charge >= 0.3 is 0 Å². The quantitative estimate of drug-likeness (QED) is 0.608. The fourth-order valence-electron chi connectivity index (χ4n) is 1.82. The molecule has 0 amide bonds.